The molecule has 3 heteroatoms. The number of pyridine rings is 1. The highest BCUT2D eigenvalue weighted by atomic mass is 16.5. The van der Waals surface area contributed by atoms with Gasteiger partial charge in [0.25, 0.3) is 0 Å². The molecule has 4 rings (SSSR count). The maximum absolute atomic E-state index is 12.8. The van der Waals surface area contributed by atoms with Crippen molar-refractivity contribution in [2.45, 2.75) is 0 Å². The van der Waals surface area contributed by atoms with E-state index in [1.807, 2.05) is 60.7 Å². The minimum Gasteiger partial charge on any atom is -0.618 e. The third-order valence-corrected chi connectivity index (χ3v) is 4.09. The predicted molar refractivity (Wildman–Crippen MR) is 90.6 cm³/mol. The largest absolute Gasteiger partial charge is 0.618 e. The first-order valence-electron chi connectivity index (χ1n) is 7.33. The van der Waals surface area contributed by atoms with Gasteiger partial charge >= 0.3 is 0 Å². The molecule has 0 spiro atoms. The third-order valence-electron chi connectivity index (χ3n) is 4.09. The molecule has 3 aromatic carbocycles. The zero-order valence-electron chi connectivity index (χ0n) is 12.2. The van der Waals surface area contributed by atoms with Crippen LogP contribution in [0.1, 0.15) is 5.56 Å². The van der Waals surface area contributed by atoms with Gasteiger partial charge in [-0.2, -0.15) is 9.99 Å². The standard InChI is InChI=1S/C20H12N2O/c21-13-16-12-19(15-7-2-1-3-8-15)22(23)18-11-10-14-6-4-5-9-17(14)20(16)18/h1-12H. The van der Waals surface area contributed by atoms with Gasteiger partial charge in [0.15, 0.2) is 0 Å². The van der Waals surface area contributed by atoms with E-state index in [0.29, 0.717) is 22.2 Å². The fourth-order valence-electron chi connectivity index (χ4n) is 3.01. The highest BCUT2D eigenvalue weighted by molar-refractivity contribution is 6.08. The van der Waals surface area contributed by atoms with Crippen molar-refractivity contribution in [1.29, 1.82) is 5.26 Å². The summed E-state index contributed by atoms with van der Waals surface area (Å²) in [7, 11) is 0. The van der Waals surface area contributed by atoms with Crippen LogP contribution in [0.15, 0.2) is 72.8 Å². The molecule has 3 nitrogen and oxygen atoms in total. The van der Waals surface area contributed by atoms with Crippen molar-refractivity contribution in [2.75, 3.05) is 0 Å². The van der Waals surface area contributed by atoms with Crippen molar-refractivity contribution in [3.05, 3.63) is 83.6 Å². The molecule has 0 fully saturated rings. The van der Waals surface area contributed by atoms with Crippen LogP contribution in [0.2, 0.25) is 0 Å². The summed E-state index contributed by atoms with van der Waals surface area (Å²) in [6, 6.07) is 24.8. The quantitative estimate of drug-likeness (QED) is 0.301. The SMILES string of the molecule is N#Cc1cc(-c2ccccc2)[n+]([O-])c2ccc3ccccc3c12. The Morgan fingerprint density at radius 2 is 1.61 bits per heavy atom. The monoisotopic (exact) mass is 296 g/mol. The van der Waals surface area contributed by atoms with Crippen LogP contribution in [0.3, 0.4) is 0 Å². The minimum absolute atomic E-state index is 0.491. The van der Waals surface area contributed by atoms with Gasteiger partial charge in [-0.15, -0.1) is 0 Å². The van der Waals surface area contributed by atoms with Crippen molar-refractivity contribution in [2.24, 2.45) is 0 Å². The summed E-state index contributed by atoms with van der Waals surface area (Å²) < 4.78 is 0.915. The fourth-order valence-corrected chi connectivity index (χ4v) is 3.01. The van der Waals surface area contributed by atoms with E-state index in [1.54, 1.807) is 12.1 Å². The van der Waals surface area contributed by atoms with Crippen molar-refractivity contribution >= 4 is 21.7 Å². The summed E-state index contributed by atoms with van der Waals surface area (Å²) >= 11 is 0. The fraction of sp³-hybridized carbons (Fsp3) is 0. The summed E-state index contributed by atoms with van der Waals surface area (Å²) in [5.74, 6) is 0. The Labute approximate surface area is 133 Å². The molecule has 0 atom stereocenters. The number of hydrogen-bond acceptors (Lipinski definition) is 2. The number of benzene rings is 3. The molecule has 108 valence electrons. The molecular formula is C20H12N2O. The van der Waals surface area contributed by atoms with E-state index >= 15 is 0 Å². The second kappa shape index (κ2) is 5.11. The predicted octanol–water partition coefficient (Wildman–Crippen LogP) is 4.17. The van der Waals surface area contributed by atoms with Crippen LogP contribution in [0.4, 0.5) is 0 Å². The Balaban J connectivity index is 2.17. The molecule has 0 amide bonds. The van der Waals surface area contributed by atoms with Gasteiger partial charge in [0.05, 0.1) is 10.9 Å². The molecule has 0 aliphatic rings. The van der Waals surface area contributed by atoms with E-state index < -0.39 is 0 Å². The van der Waals surface area contributed by atoms with Gasteiger partial charge in [-0.05, 0) is 29.0 Å². The Morgan fingerprint density at radius 1 is 0.870 bits per heavy atom. The summed E-state index contributed by atoms with van der Waals surface area (Å²) in [4.78, 5) is 0. The molecular weight excluding hydrogens is 284 g/mol. The average Bonchev–Trinajstić information content (AvgIpc) is 2.62. The molecule has 0 saturated heterocycles. The molecule has 4 aromatic rings. The van der Waals surface area contributed by atoms with Crippen molar-refractivity contribution in [3.8, 4) is 17.3 Å². The zero-order valence-corrected chi connectivity index (χ0v) is 12.2. The second-order valence-electron chi connectivity index (χ2n) is 5.40. The molecule has 1 aromatic heterocycles. The number of hydrogen-bond donors (Lipinski definition) is 0. The van der Waals surface area contributed by atoms with E-state index in [-0.39, 0.29) is 0 Å². The smallest absolute Gasteiger partial charge is 0.226 e. The lowest BCUT2D eigenvalue weighted by atomic mass is 9.99. The molecule has 0 unspecified atom stereocenters. The van der Waals surface area contributed by atoms with Crippen LogP contribution >= 0.6 is 0 Å². The van der Waals surface area contributed by atoms with Crippen molar-refractivity contribution < 1.29 is 4.73 Å². The number of fused-ring (bicyclic) bond motifs is 3. The van der Waals surface area contributed by atoms with Crippen molar-refractivity contribution in [3.63, 3.8) is 0 Å². The highest BCUT2D eigenvalue weighted by Crippen LogP contribution is 2.29. The van der Waals surface area contributed by atoms with E-state index in [0.717, 1.165) is 21.1 Å². The average molecular weight is 296 g/mol. The second-order valence-corrected chi connectivity index (χ2v) is 5.40. The Hall–Kier alpha value is -3.38. The Morgan fingerprint density at radius 3 is 2.39 bits per heavy atom. The molecule has 0 aliphatic heterocycles. The summed E-state index contributed by atoms with van der Waals surface area (Å²) in [6.07, 6.45) is 0. The lowest BCUT2D eigenvalue weighted by Crippen LogP contribution is -2.30. The van der Waals surface area contributed by atoms with E-state index in [1.165, 1.54) is 0 Å². The molecule has 0 saturated carbocycles. The highest BCUT2D eigenvalue weighted by Gasteiger charge is 2.18. The van der Waals surface area contributed by atoms with E-state index in [9.17, 15) is 10.5 Å². The van der Waals surface area contributed by atoms with Gasteiger partial charge in [-0.1, -0.05) is 42.5 Å². The molecule has 1 heterocycles. The first kappa shape index (κ1) is 13.3. The lowest BCUT2D eigenvalue weighted by molar-refractivity contribution is -0.565. The van der Waals surface area contributed by atoms with Gasteiger partial charge < -0.3 is 5.21 Å². The molecule has 0 radical (unpaired) electrons. The summed E-state index contributed by atoms with van der Waals surface area (Å²) in [6.45, 7) is 0. The minimum atomic E-state index is 0.491. The number of nitrogens with zero attached hydrogens (tertiary/aromatic N) is 2. The molecule has 0 aliphatic carbocycles. The zero-order chi connectivity index (χ0) is 15.8. The molecule has 23 heavy (non-hydrogen) atoms. The summed E-state index contributed by atoms with van der Waals surface area (Å²) in [5.41, 5.74) is 2.32. The normalized spacial score (nSPS) is 10.7. The topological polar surface area (TPSA) is 50.7 Å². The van der Waals surface area contributed by atoms with Crippen LogP contribution in [0, 0.1) is 16.5 Å². The van der Waals surface area contributed by atoms with Crippen LogP contribution in [0.5, 0.6) is 0 Å². The molecule has 0 N–H and O–H groups in total. The third kappa shape index (κ3) is 2.01. The first-order chi connectivity index (χ1) is 11.3. The van der Waals surface area contributed by atoms with Crippen LogP contribution in [-0.4, -0.2) is 0 Å². The van der Waals surface area contributed by atoms with Crippen LogP contribution in [0.25, 0.3) is 32.9 Å². The molecule has 0 bridgehead atoms. The van der Waals surface area contributed by atoms with Crippen LogP contribution in [-0.2, 0) is 0 Å². The van der Waals surface area contributed by atoms with Gasteiger partial charge in [-0.25, -0.2) is 0 Å². The lowest BCUT2D eigenvalue weighted by Gasteiger charge is -2.11. The van der Waals surface area contributed by atoms with E-state index in [2.05, 4.69) is 6.07 Å². The Bertz CT molecular complexity index is 1080. The number of aromatic nitrogens is 1. The van der Waals surface area contributed by atoms with Crippen molar-refractivity contribution in [1.82, 2.24) is 0 Å². The summed E-state index contributed by atoms with van der Waals surface area (Å²) in [5, 5.41) is 25.1. The Kier molecular flexibility index (Phi) is 2.96. The van der Waals surface area contributed by atoms with Crippen LogP contribution < -0.4 is 4.73 Å². The van der Waals surface area contributed by atoms with Gasteiger partial charge in [-0.3, -0.25) is 0 Å². The maximum atomic E-state index is 12.8. The number of rotatable bonds is 1. The number of nitriles is 1. The maximum Gasteiger partial charge on any atom is 0.226 e. The first-order valence-corrected chi connectivity index (χ1v) is 7.33. The van der Waals surface area contributed by atoms with Gasteiger partial charge in [0.1, 0.15) is 6.07 Å². The van der Waals surface area contributed by atoms with Gasteiger partial charge in [0, 0.05) is 17.7 Å². The van der Waals surface area contributed by atoms with E-state index in [4.69, 9.17) is 0 Å². The van der Waals surface area contributed by atoms with Gasteiger partial charge in [0.2, 0.25) is 11.2 Å².